The van der Waals surface area contributed by atoms with Crippen molar-refractivity contribution in [3.63, 3.8) is 0 Å². The molecule has 1 aromatic heterocycles. The van der Waals surface area contributed by atoms with Crippen molar-refractivity contribution in [1.29, 1.82) is 0 Å². The van der Waals surface area contributed by atoms with Crippen LogP contribution in [-0.2, 0) is 10.0 Å². The summed E-state index contributed by atoms with van der Waals surface area (Å²) < 4.78 is 46.6. The van der Waals surface area contributed by atoms with E-state index in [0.29, 0.717) is 35.5 Å². The van der Waals surface area contributed by atoms with E-state index in [4.69, 9.17) is 16.1 Å². The molecule has 0 radical (unpaired) electrons. The topological polar surface area (TPSA) is 76.3 Å². The van der Waals surface area contributed by atoms with Crippen LogP contribution in [0.1, 0.15) is 30.3 Å². The average molecular weight is 422 g/mol. The lowest BCUT2D eigenvalue weighted by atomic mass is 10.2. The predicted octanol–water partition coefficient (Wildman–Crippen LogP) is 4.36. The molecule has 1 fully saturated rings. The number of sulfonamides is 1. The molecule has 4 rings (SSSR count). The van der Waals surface area contributed by atoms with Gasteiger partial charge in [-0.05, 0) is 49.6 Å². The van der Waals surface area contributed by atoms with Gasteiger partial charge >= 0.3 is 0 Å². The summed E-state index contributed by atoms with van der Waals surface area (Å²) in [5.74, 6) is 0.00283. The largest absolute Gasteiger partial charge is 0.337 e. The molecule has 1 aliphatic heterocycles. The summed E-state index contributed by atoms with van der Waals surface area (Å²) >= 11 is 6.11. The number of hydrogen-bond acceptors (Lipinski definition) is 5. The van der Waals surface area contributed by atoms with Crippen LogP contribution < -0.4 is 0 Å². The molecule has 6 nitrogen and oxygen atoms in total. The molecule has 0 unspecified atom stereocenters. The molecule has 1 aliphatic rings. The SMILES string of the molecule is Cc1c(Cl)cccc1S(=O)(=O)N1CCC[C@H]1c1nc(-c2cccc(F)c2)no1. The van der Waals surface area contributed by atoms with Gasteiger partial charge in [0.15, 0.2) is 0 Å². The van der Waals surface area contributed by atoms with Crippen molar-refractivity contribution >= 4 is 21.6 Å². The number of benzene rings is 2. The number of nitrogens with zero attached hydrogens (tertiary/aromatic N) is 3. The first-order valence-corrected chi connectivity index (χ1v) is 10.6. The van der Waals surface area contributed by atoms with Gasteiger partial charge in [-0.3, -0.25) is 0 Å². The van der Waals surface area contributed by atoms with E-state index in [0.717, 1.165) is 0 Å². The van der Waals surface area contributed by atoms with E-state index in [1.54, 1.807) is 31.2 Å². The molecule has 0 spiro atoms. The van der Waals surface area contributed by atoms with Crippen LogP contribution in [-0.4, -0.2) is 29.4 Å². The average Bonchev–Trinajstić information content (AvgIpc) is 3.33. The maximum absolute atomic E-state index is 13.5. The molecule has 0 aliphatic carbocycles. The van der Waals surface area contributed by atoms with Gasteiger partial charge in [0, 0.05) is 17.1 Å². The van der Waals surface area contributed by atoms with Crippen molar-refractivity contribution in [2.75, 3.05) is 6.54 Å². The Morgan fingerprint density at radius 2 is 2.04 bits per heavy atom. The molecule has 2 aromatic carbocycles. The zero-order chi connectivity index (χ0) is 19.9. The quantitative estimate of drug-likeness (QED) is 0.625. The zero-order valence-corrected chi connectivity index (χ0v) is 16.5. The first kappa shape index (κ1) is 19.0. The number of aromatic nitrogens is 2. The van der Waals surface area contributed by atoms with Crippen LogP contribution >= 0.6 is 11.6 Å². The highest BCUT2D eigenvalue weighted by atomic mass is 35.5. The summed E-state index contributed by atoms with van der Waals surface area (Å²) in [5, 5.41) is 4.29. The van der Waals surface area contributed by atoms with E-state index in [1.165, 1.54) is 22.5 Å². The fraction of sp³-hybridized carbons (Fsp3) is 0.263. The monoisotopic (exact) mass is 421 g/mol. The van der Waals surface area contributed by atoms with E-state index in [2.05, 4.69) is 10.1 Å². The Bertz CT molecular complexity index is 1130. The van der Waals surface area contributed by atoms with Crippen LogP contribution in [0, 0.1) is 12.7 Å². The number of hydrogen-bond donors (Lipinski definition) is 0. The minimum atomic E-state index is -3.79. The molecule has 9 heteroatoms. The Kier molecular flexibility index (Phi) is 4.95. The lowest BCUT2D eigenvalue weighted by Gasteiger charge is -2.22. The summed E-state index contributed by atoms with van der Waals surface area (Å²) in [6, 6.07) is 10.1. The maximum atomic E-state index is 13.5. The van der Waals surface area contributed by atoms with Gasteiger partial charge in [-0.1, -0.05) is 35.0 Å². The smallest absolute Gasteiger partial charge is 0.245 e. The molecule has 1 atom stereocenters. The van der Waals surface area contributed by atoms with Gasteiger partial charge in [0.25, 0.3) is 0 Å². The summed E-state index contributed by atoms with van der Waals surface area (Å²) in [6.45, 7) is 2.02. The van der Waals surface area contributed by atoms with E-state index in [9.17, 15) is 12.8 Å². The molecule has 0 bridgehead atoms. The fourth-order valence-electron chi connectivity index (χ4n) is 3.38. The van der Waals surface area contributed by atoms with E-state index in [-0.39, 0.29) is 16.6 Å². The number of rotatable bonds is 4. The minimum Gasteiger partial charge on any atom is -0.337 e. The molecular weight excluding hydrogens is 405 g/mol. The summed E-state index contributed by atoms with van der Waals surface area (Å²) in [7, 11) is -3.79. The molecule has 146 valence electrons. The molecule has 3 aromatic rings. The maximum Gasteiger partial charge on any atom is 0.245 e. The predicted molar refractivity (Wildman–Crippen MR) is 102 cm³/mol. The van der Waals surface area contributed by atoms with Crippen LogP contribution in [0.5, 0.6) is 0 Å². The normalized spacial score (nSPS) is 17.9. The van der Waals surface area contributed by atoms with Crippen LogP contribution in [0.2, 0.25) is 5.02 Å². The van der Waals surface area contributed by atoms with Crippen molar-refractivity contribution in [2.45, 2.75) is 30.7 Å². The standard InChI is InChI=1S/C19H17ClFN3O3S/c1-12-15(20)7-3-9-17(12)28(25,26)24-10-4-8-16(24)19-22-18(23-27-19)13-5-2-6-14(21)11-13/h2-3,5-7,9,11,16H,4,8,10H2,1H3/t16-/m0/s1. The lowest BCUT2D eigenvalue weighted by molar-refractivity contribution is 0.290. The third-order valence-corrected chi connectivity index (χ3v) is 7.28. The molecule has 0 amide bonds. The minimum absolute atomic E-state index is 0.164. The lowest BCUT2D eigenvalue weighted by Crippen LogP contribution is -2.31. The Hall–Kier alpha value is -2.29. The zero-order valence-electron chi connectivity index (χ0n) is 15.0. The van der Waals surface area contributed by atoms with Gasteiger partial charge in [-0.25, -0.2) is 12.8 Å². The van der Waals surface area contributed by atoms with Gasteiger partial charge in [0.2, 0.25) is 21.7 Å². The molecule has 1 saturated heterocycles. The van der Waals surface area contributed by atoms with Crippen molar-refractivity contribution in [3.8, 4) is 11.4 Å². The second-order valence-corrected chi connectivity index (χ2v) is 8.87. The van der Waals surface area contributed by atoms with Crippen LogP contribution in [0.15, 0.2) is 51.9 Å². The first-order chi connectivity index (χ1) is 13.4. The Morgan fingerprint density at radius 1 is 1.25 bits per heavy atom. The Labute approximate surface area is 167 Å². The molecule has 0 saturated carbocycles. The summed E-state index contributed by atoms with van der Waals surface area (Å²) in [4.78, 5) is 4.49. The van der Waals surface area contributed by atoms with E-state index >= 15 is 0 Å². The van der Waals surface area contributed by atoms with Crippen LogP contribution in [0.25, 0.3) is 11.4 Å². The van der Waals surface area contributed by atoms with Crippen molar-refractivity contribution < 1.29 is 17.3 Å². The highest BCUT2D eigenvalue weighted by Gasteiger charge is 2.40. The molecular formula is C19H17ClFN3O3S. The van der Waals surface area contributed by atoms with Gasteiger partial charge in [-0.2, -0.15) is 9.29 Å². The van der Waals surface area contributed by atoms with Gasteiger partial charge in [0.05, 0.1) is 4.90 Å². The van der Waals surface area contributed by atoms with Crippen LogP contribution in [0.3, 0.4) is 0 Å². The van der Waals surface area contributed by atoms with Crippen molar-refractivity contribution in [2.24, 2.45) is 0 Å². The third kappa shape index (κ3) is 3.32. The number of halogens is 2. The van der Waals surface area contributed by atoms with Gasteiger partial charge < -0.3 is 4.52 Å². The van der Waals surface area contributed by atoms with Gasteiger partial charge in [0.1, 0.15) is 11.9 Å². The van der Waals surface area contributed by atoms with Crippen molar-refractivity contribution in [1.82, 2.24) is 14.4 Å². The Balaban J connectivity index is 1.68. The molecule has 0 N–H and O–H groups in total. The third-order valence-electron chi connectivity index (χ3n) is 4.82. The van der Waals surface area contributed by atoms with Crippen molar-refractivity contribution in [3.05, 3.63) is 64.8 Å². The summed E-state index contributed by atoms with van der Waals surface area (Å²) in [6.07, 6.45) is 1.23. The highest BCUT2D eigenvalue weighted by Crippen LogP contribution is 2.38. The van der Waals surface area contributed by atoms with Gasteiger partial charge in [-0.15, -0.1) is 0 Å². The molecule has 28 heavy (non-hydrogen) atoms. The highest BCUT2D eigenvalue weighted by molar-refractivity contribution is 7.89. The van der Waals surface area contributed by atoms with Crippen LogP contribution in [0.4, 0.5) is 4.39 Å². The van der Waals surface area contributed by atoms with E-state index < -0.39 is 21.9 Å². The summed E-state index contributed by atoms with van der Waals surface area (Å²) in [5.41, 5.74) is 0.967. The fourth-order valence-corrected chi connectivity index (χ4v) is 5.51. The Morgan fingerprint density at radius 3 is 2.82 bits per heavy atom. The molecule has 2 heterocycles. The van der Waals surface area contributed by atoms with E-state index in [1.807, 2.05) is 0 Å². The second kappa shape index (κ2) is 7.27. The second-order valence-electron chi connectivity index (χ2n) is 6.60. The first-order valence-electron chi connectivity index (χ1n) is 8.74.